The van der Waals surface area contributed by atoms with Gasteiger partial charge in [-0.3, -0.25) is 10.1 Å². The molecule has 7 nitrogen and oxygen atoms in total. The van der Waals surface area contributed by atoms with Crippen molar-refractivity contribution in [1.82, 2.24) is 0 Å². The third-order valence-electron chi connectivity index (χ3n) is 1.63. The standard InChI is InChI=1S/C7H11NO6/c1-2-6(11)14-5-7(3-9,4-10)8(12)13/h2,9-10H,1,3-5H2. The lowest BCUT2D eigenvalue weighted by molar-refractivity contribution is -0.580. The van der Waals surface area contributed by atoms with Crippen molar-refractivity contribution in [2.24, 2.45) is 0 Å². The number of hydrogen-bond donors (Lipinski definition) is 2. The molecule has 7 heteroatoms. The summed E-state index contributed by atoms with van der Waals surface area (Å²) < 4.78 is 4.38. The van der Waals surface area contributed by atoms with Crippen LogP contribution in [-0.4, -0.2) is 46.5 Å². The largest absolute Gasteiger partial charge is 0.455 e. The predicted molar refractivity (Wildman–Crippen MR) is 45.1 cm³/mol. The second kappa shape index (κ2) is 5.30. The SMILES string of the molecule is C=CC(=O)OCC(CO)(CO)[N+](=O)[O-]. The lowest BCUT2D eigenvalue weighted by Crippen LogP contribution is -2.50. The van der Waals surface area contributed by atoms with E-state index in [2.05, 4.69) is 11.3 Å². The van der Waals surface area contributed by atoms with Gasteiger partial charge in [0.1, 0.15) is 13.2 Å². The van der Waals surface area contributed by atoms with Crippen LogP contribution in [0.1, 0.15) is 0 Å². The van der Waals surface area contributed by atoms with E-state index >= 15 is 0 Å². The molecule has 14 heavy (non-hydrogen) atoms. The van der Waals surface area contributed by atoms with Crippen LogP contribution in [0.25, 0.3) is 0 Å². The minimum absolute atomic E-state index is 0.697. The topological polar surface area (TPSA) is 110 Å². The van der Waals surface area contributed by atoms with E-state index < -0.39 is 36.3 Å². The Morgan fingerprint density at radius 2 is 2.07 bits per heavy atom. The first-order chi connectivity index (χ1) is 6.52. The van der Waals surface area contributed by atoms with Crippen molar-refractivity contribution >= 4 is 5.97 Å². The summed E-state index contributed by atoms with van der Waals surface area (Å²) in [4.78, 5) is 20.2. The number of carbonyl (C=O) groups excluding carboxylic acids is 1. The highest BCUT2D eigenvalue weighted by atomic mass is 16.6. The van der Waals surface area contributed by atoms with Gasteiger partial charge in [0, 0.05) is 11.0 Å². The number of aliphatic hydroxyl groups is 2. The third-order valence-corrected chi connectivity index (χ3v) is 1.63. The van der Waals surface area contributed by atoms with Crippen molar-refractivity contribution < 1.29 is 24.7 Å². The van der Waals surface area contributed by atoms with Crippen molar-refractivity contribution in [1.29, 1.82) is 0 Å². The van der Waals surface area contributed by atoms with E-state index in [1.807, 2.05) is 0 Å². The van der Waals surface area contributed by atoms with E-state index in [0.717, 1.165) is 6.08 Å². The van der Waals surface area contributed by atoms with E-state index in [9.17, 15) is 14.9 Å². The zero-order valence-corrected chi connectivity index (χ0v) is 7.38. The monoisotopic (exact) mass is 205 g/mol. The van der Waals surface area contributed by atoms with Gasteiger partial charge in [-0.1, -0.05) is 6.58 Å². The smallest absolute Gasteiger partial charge is 0.330 e. The summed E-state index contributed by atoms with van der Waals surface area (Å²) in [5, 5.41) is 27.9. The average molecular weight is 205 g/mol. The van der Waals surface area contributed by atoms with Crippen molar-refractivity contribution in [2.75, 3.05) is 19.8 Å². The van der Waals surface area contributed by atoms with Gasteiger partial charge in [-0.25, -0.2) is 4.79 Å². The Morgan fingerprint density at radius 3 is 2.36 bits per heavy atom. The van der Waals surface area contributed by atoms with Crippen molar-refractivity contribution in [2.45, 2.75) is 5.54 Å². The Hall–Kier alpha value is -1.47. The number of rotatable bonds is 6. The molecule has 0 aromatic rings. The van der Waals surface area contributed by atoms with Gasteiger partial charge in [-0.2, -0.15) is 0 Å². The molecule has 80 valence electrons. The van der Waals surface area contributed by atoms with Gasteiger partial charge in [-0.05, 0) is 0 Å². The maximum absolute atomic E-state index is 10.6. The normalized spacial score (nSPS) is 10.7. The Balaban J connectivity index is 4.44. The maximum atomic E-state index is 10.6. The molecular formula is C7H11NO6. The lowest BCUT2D eigenvalue weighted by atomic mass is 10.1. The molecule has 0 atom stereocenters. The number of nitro groups is 1. The summed E-state index contributed by atoms with van der Waals surface area (Å²) in [6.45, 7) is 0.560. The lowest BCUT2D eigenvalue weighted by Gasteiger charge is -2.19. The molecule has 0 spiro atoms. The number of ether oxygens (including phenoxy) is 1. The van der Waals surface area contributed by atoms with Crippen LogP contribution in [0, 0.1) is 10.1 Å². The minimum Gasteiger partial charge on any atom is -0.455 e. The van der Waals surface area contributed by atoms with Gasteiger partial charge in [0.2, 0.25) is 0 Å². The Morgan fingerprint density at radius 1 is 1.57 bits per heavy atom. The molecule has 0 aromatic heterocycles. The summed E-state index contributed by atoms with van der Waals surface area (Å²) in [6, 6.07) is 0. The van der Waals surface area contributed by atoms with Gasteiger partial charge >= 0.3 is 5.97 Å². The van der Waals surface area contributed by atoms with Crippen LogP contribution in [-0.2, 0) is 9.53 Å². The highest BCUT2D eigenvalue weighted by Crippen LogP contribution is 2.09. The van der Waals surface area contributed by atoms with Crippen LogP contribution in [0.3, 0.4) is 0 Å². The van der Waals surface area contributed by atoms with Gasteiger partial charge in [0.05, 0.1) is 0 Å². The van der Waals surface area contributed by atoms with E-state index in [0.29, 0.717) is 0 Å². The molecule has 0 unspecified atom stereocenters. The molecule has 2 N–H and O–H groups in total. The number of nitrogens with zero attached hydrogens (tertiary/aromatic N) is 1. The fraction of sp³-hybridized carbons (Fsp3) is 0.571. The van der Waals surface area contributed by atoms with Crippen LogP contribution < -0.4 is 0 Å². The van der Waals surface area contributed by atoms with E-state index in [1.165, 1.54) is 0 Å². The number of hydrogen-bond acceptors (Lipinski definition) is 6. The molecule has 0 aliphatic heterocycles. The van der Waals surface area contributed by atoms with E-state index in [-0.39, 0.29) is 0 Å². The van der Waals surface area contributed by atoms with Gasteiger partial charge in [-0.15, -0.1) is 0 Å². The summed E-state index contributed by atoms with van der Waals surface area (Å²) >= 11 is 0. The summed E-state index contributed by atoms with van der Waals surface area (Å²) in [5.74, 6) is -0.849. The van der Waals surface area contributed by atoms with Crippen LogP contribution in [0.2, 0.25) is 0 Å². The quantitative estimate of drug-likeness (QED) is 0.242. The summed E-state index contributed by atoms with van der Waals surface area (Å²) in [7, 11) is 0. The first-order valence-corrected chi connectivity index (χ1v) is 3.68. The van der Waals surface area contributed by atoms with Crippen molar-refractivity contribution in [3.8, 4) is 0 Å². The molecule has 0 heterocycles. The zero-order valence-electron chi connectivity index (χ0n) is 7.38. The fourth-order valence-electron chi connectivity index (χ4n) is 0.574. The van der Waals surface area contributed by atoms with Crippen molar-refractivity contribution in [3.63, 3.8) is 0 Å². The maximum Gasteiger partial charge on any atom is 0.330 e. The van der Waals surface area contributed by atoms with Crippen LogP contribution in [0.5, 0.6) is 0 Å². The highest BCUT2D eigenvalue weighted by Gasteiger charge is 2.43. The second-order valence-electron chi connectivity index (χ2n) is 2.61. The zero-order chi connectivity index (χ0) is 11.2. The van der Waals surface area contributed by atoms with Crippen LogP contribution >= 0.6 is 0 Å². The second-order valence-corrected chi connectivity index (χ2v) is 2.61. The average Bonchev–Trinajstić information content (AvgIpc) is 2.19. The predicted octanol–water partition coefficient (Wildman–Crippen LogP) is -1.28. The molecule has 0 aromatic carbocycles. The van der Waals surface area contributed by atoms with E-state index in [4.69, 9.17) is 10.2 Å². The molecule has 0 rings (SSSR count). The molecule has 0 fully saturated rings. The third kappa shape index (κ3) is 2.79. The van der Waals surface area contributed by atoms with Crippen LogP contribution in [0.4, 0.5) is 0 Å². The first kappa shape index (κ1) is 12.5. The molecule has 0 aliphatic carbocycles. The van der Waals surface area contributed by atoms with Gasteiger partial charge in [0.25, 0.3) is 5.54 Å². The first-order valence-electron chi connectivity index (χ1n) is 3.68. The fourth-order valence-corrected chi connectivity index (χ4v) is 0.574. The molecule has 0 amide bonds. The van der Waals surface area contributed by atoms with E-state index in [1.54, 1.807) is 0 Å². The summed E-state index contributed by atoms with van der Waals surface area (Å²) in [6.07, 6.45) is 0.833. The molecule has 0 aliphatic rings. The molecule has 0 saturated heterocycles. The highest BCUT2D eigenvalue weighted by molar-refractivity contribution is 5.81. The number of esters is 1. The Labute approximate surface area is 79.8 Å². The minimum atomic E-state index is -2.04. The molecule has 0 bridgehead atoms. The Kier molecular flexibility index (Phi) is 4.74. The van der Waals surface area contributed by atoms with Crippen LogP contribution in [0.15, 0.2) is 12.7 Å². The molecular weight excluding hydrogens is 194 g/mol. The Bertz CT molecular complexity index is 234. The molecule has 0 radical (unpaired) electrons. The molecule has 0 saturated carbocycles. The van der Waals surface area contributed by atoms with Gasteiger partial charge < -0.3 is 14.9 Å². The number of carbonyl (C=O) groups is 1. The number of aliphatic hydroxyl groups excluding tert-OH is 2. The van der Waals surface area contributed by atoms with Gasteiger partial charge in [0.15, 0.2) is 6.61 Å². The van der Waals surface area contributed by atoms with Crippen molar-refractivity contribution in [3.05, 3.63) is 22.8 Å². The summed E-state index contributed by atoms with van der Waals surface area (Å²) in [5.41, 5.74) is -2.04.